The fraction of sp³-hybridized carbons (Fsp3) is 0.538. The van der Waals surface area contributed by atoms with E-state index in [2.05, 4.69) is 5.32 Å². The van der Waals surface area contributed by atoms with E-state index in [1.54, 1.807) is 6.92 Å². The van der Waals surface area contributed by atoms with E-state index in [-0.39, 0.29) is 29.0 Å². The molecular formula is C13H17F2NO2S. The maximum Gasteiger partial charge on any atom is 0.163 e. The quantitative estimate of drug-likeness (QED) is 0.923. The Morgan fingerprint density at radius 1 is 1.42 bits per heavy atom. The molecule has 1 fully saturated rings. The third-order valence-electron chi connectivity index (χ3n) is 3.49. The van der Waals surface area contributed by atoms with Gasteiger partial charge in [-0.25, -0.2) is 17.2 Å². The fourth-order valence-corrected chi connectivity index (χ4v) is 4.20. The molecule has 2 rings (SSSR count). The summed E-state index contributed by atoms with van der Waals surface area (Å²) in [6.07, 6.45) is 0.633. The molecule has 106 valence electrons. The van der Waals surface area contributed by atoms with Crippen LogP contribution in [0.4, 0.5) is 8.78 Å². The smallest absolute Gasteiger partial charge is 0.163 e. The van der Waals surface area contributed by atoms with Crippen molar-refractivity contribution in [3.8, 4) is 0 Å². The normalized spacial score (nSPS) is 23.4. The van der Waals surface area contributed by atoms with Crippen LogP contribution in [-0.4, -0.2) is 26.5 Å². The van der Waals surface area contributed by atoms with Gasteiger partial charge in [0.1, 0.15) is 0 Å². The highest BCUT2D eigenvalue weighted by Crippen LogP contribution is 2.21. The molecule has 0 amide bonds. The van der Waals surface area contributed by atoms with E-state index >= 15 is 0 Å². The second-order valence-corrected chi connectivity index (χ2v) is 7.27. The molecule has 0 bridgehead atoms. The Bertz CT molecular complexity index is 560. The van der Waals surface area contributed by atoms with Crippen LogP contribution in [-0.2, 0) is 9.84 Å². The molecule has 1 saturated heterocycles. The van der Waals surface area contributed by atoms with E-state index in [0.717, 1.165) is 6.07 Å². The molecule has 3 nitrogen and oxygen atoms in total. The van der Waals surface area contributed by atoms with Crippen LogP contribution >= 0.6 is 0 Å². The van der Waals surface area contributed by atoms with Crippen molar-refractivity contribution in [2.45, 2.75) is 19.4 Å². The first kappa shape index (κ1) is 14.4. The van der Waals surface area contributed by atoms with Crippen molar-refractivity contribution in [3.63, 3.8) is 0 Å². The van der Waals surface area contributed by atoms with Crippen molar-refractivity contribution in [2.24, 2.45) is 5.92 Å². The summed E-state index contributed by atoms with van der Waals surface area (Å²) in [5.74, 6) is -1.25. The highest BCUT2D eigenvalue weighted by Gasteiger charge is 2.28. The van der Waals surface area contributed by atoms with Gasteiger partial charge >= 0.3 is 0 Å². The molecule has 0 aliphatic carbocycles. The molecule has 6 heteroatoms. The average Bonchev–Trinajstić information content (AvgIpc) is 2.69. The summed E-state index contributed by atoms with van der Waals surface area (Å²) in [6, 6.07) is 3.72. The number of nitrogens with one attached hydrogen (secondary N) is 1. The predicted octanol–water partition coefficient (Wildman–Crippen LogP) is 2.05. The van der Waals surface area contributed by atoms with Gasteiger partial charge in [-0.2, -0.15) is 0 Å². The zero-order valence-corrected chi connectivity index (χ0v) is 11.5. The van der Waals surface area contributed by atoms with E-state index in [1.807, 2.05) is 0 Å². The minimum absolute atomic E-state index is 0.0593. The zero-order valence-electron chi connectivity index (χ0n) is 10.7. The molecule has 1 aliphatic heterocycles. The first-order valence-corrected chi connectivity index (χ1v) is 8.09. The summed E-state index contributed by atoms with van der Waals surface area (Å²) in [6.45, 7) is 2.23. The molecule has 19 heavy (non-hydrogen) atoms. The minimum Gasteiger partial charge on any atom is -0.310 e. The number of benzene rings is 1. The first-order valence-electron chi connectivity index (χ1n) is 6.27. The summed E-state index contributed by atoms with van der Waals surface area (Å²) in [4.78, 5) is 0. The van der Waals surface area contributed by atoms with Crippen LogP contribution in [0.1, 0.15) is 24.9 Å². The molecule has 1 aromatic carbocycles. The van der Waals surface area contributed by atoms with Gasteiger partial charge < -0.3 is 5.32 Å². The lowest BCUT2D eigenvalue weighted by Gasteiger charge is -2.17. The van der Waals surface area contributed by atoms with Gasteiger partial charge in [0.05, 0.1) is 11.5 Å². The van der Waals surface area contributed by atoms with E-state index in [0.29, 0.717) is 13.0 Å². The van der Waals surface area contributed by atoms with Crippen LogP contribution in [0.15, 0.2) is 18.2 Å². The Morgan fingerprint density at radius 2 is 2.16 bits per heavy atom. The maximum absolute atomic E-state index is 13.6. The first-order chi connectivity index (χ1) is 8.89. The standard InChI is InChI=1S/C13H17F2NO2S/c1-9(11-3-2-4-12(14)13(11)15)16-7-10-5-6-19(17,18)8-10/h2-4,9-10,16H,5-8H2,1H3. The van der Waals surface area contributed by atoms with E-state index in [1.165, 1.54) is 12.1 Å². The number of sulfone groups is 1. The van der Waals surface area contributed by atoms with Gasteiger partial charge in [-0.05, 0) is 31.9 Å². The van der Waals surface area contributed by atoms with Gasteiger partial charge in [0, 0.05) is 11.6 Å². The average molecular weight is 289 g/mol. The lowest BCUT2D eigenvalue weighted by atomic mass is 10.1. The van der Waals surface area contributed by atoms with Gasteiger partial charge in [0.15, 0.2) is 21.5 Å². The van der Waals surface area contributed by atoms with E-state index < -0.39 is 21.5 Å². The third kappa shape index (κ3) is 3.51. The lowest BCUT2D eigenvalue weighted by Crippen LogP contribution is -2.27. The Balaban J connectivity index is 1.95. The molecule has 0 aromatic heterocycles. The Kier molecular flexibility index (Phi) is 4.20. The molecule has 0 radical (unpaired) electrons. The van der Waals surface area contributed by atoms with Crippen LogP contribution in [0.25, 0.3) is 0 Å². The van der Waals surface area contributed by atoms with Crippen LogP contribution in [0.5, 0.6) is 0 Å². The van der Waals surface area contributed by atoms with Crippen molar-refractivity contribution in [1.29, 1.82) is 0 Å². The van der Waals surface area contributed by atoms with Crippen molar-refractivity contribution in [2.75, 3.05) is 18.1 Å². The Hall–Kier alpha value is -1.01. The lowest BCUT2D eigenvalue weighted by molar-refractivity contribution is 0.446. The van der Waals surface area contributed by atoms with Crippen LogP contribution in [0.3, 0.4) is 0 Å². The van der Waals surface area contributed by atoms with Gasteiger partial charge in [0.25, 0.3) is 0 Å². The van der Waals surface area contributed by atoms with Crippen LogP contribution in [0, 0.1) is 17.6 Å². The molecule has 2 unspecified atom stereocenters. The highest BCUT2D eigenvalue weighted by molar-refractivity contribution is 7.91. The highest BCUT2D eigenvalue weighted by atomic mass is 32.2. The van der Waals surface area contributed by atoms with Gasteiger partial charge in [-0.1, -0.05) is 12.1 Å². The SMILES string of the molecule is CC(NCC1CCS(=O)(=O)C1)c1cccc(F)c1F. The summed E-state index contributed by atoms with van der Waals surface area (Å²) >= 11 is 0. The van der Waals surface area contributed by atoms with Gasteiger partial charge in [0.2, 0.25) is 0 Å². The monoisotopic (exact) mass is 289 g/mol. The number of hydrogen-bond donors (Lipinski definition) is 1. The number of halogens is 2. The predicted molar refractivity (Wildman–Crippen MR) is 69.5 cm³/mol. The van der Waals surface area contributed by atoms with Crippen molar-refractivity contribution in [3.05, 3.63) is 35.4 Å². The molecule has 1 aromatic rings. The molecule has 1 aliphatic rings. The topological polar surface area (TPSA) is 46.2 Å². The molecule has 1 N–H and O–H groups in total. The van der Waals surface area contributed by atoms with E-state index in [9.17, 15) is 17.2 Å². The second-order valence-electron chi connectivity index (χ2n) is 5.04. The summed E-state index contributed by atoms with van der Waals surface area (Å²) in [7, 11) is -2.90. The maximum atomic E-state index is 13.6. The van der Waals surface area contributed by atoms with Gasteiger partial charge in [-0.3, -0.25) is 0 Å². The second kappa shape index (κ2) is 5.54. The summed E-state index contributed by atoms with van der Waals surface area (Å²) in [5, 5.41) is 3.08. The van der Waals surface area contributed by atoms with Crippen molar-refractivity contribution in [1.82, 2.24) is 5.32 Å². The Labute approximate surface area is 111 Å². The van der Waals surface area contributed by atoms with Crippen molar-refractivity contribution >= 4 is 9.84 Å². The molecule has 0 spiro atoms. The molecular weight excluding hydrogens is 272 g/mol. The van der Waals surface area contributed by atoms with Crippen LogP contribution in [0.2, 0.25) is 0 Å². The number of hydrogen-bond acceptors (Lipinski definition) is 3. The summed E-state index contributed by atoms with van der Waals surface area (Å²) < 4.78 is 49.3. The molecule has 2 atom stereocenters. The third-order valence-corrected chi connectivity index (χ3v) is 5.32. The van der Waals surface area contributed by atoms with E-state index in [4.69, 9.17) is 0 Å². The summed E-state index contributed by atoms with van der Waals surface area (Å²) in [5.41, 5.74) is 0.265. The van der Waals surface area contributed by atoms with Gasteiger partial charge in [-0.15, -0.1) is 0 Å². The largest absolute Gasteiger partial charge is 0.310 e. The molecule has 0 saturated carbocycles. The zero-order chi connectivity index (χ0) is 14.0. The Morgan fingerprint density at radius 3 is 2.79 bits per heavy atom. The van der Waals surface area contributed by atoms with Crippen LogP contribution < -0.4 is 5.32 Å². The fourth-order valence-electron chi connectivity index (χ4n) is 2.34. The minimum atomic E-state index is -2.90. The number of rotatable bonds is 4. The van der Waals surface area contributed by atoms with Crippen molar-refractivity contribution < 1.29 is 17.2 Å². The molecule has 1 heterocycles.